The van der Waals surface area contributed by atoms with Gasteiger partial charge in [-0.05, 0) is 66.9 Å². The lowest BCUT2D eigenvalue weighted by Crippen LogP contribution is -2.33. The lowest BCUT2D eigenvalue weighted by Gasteiger charge is -2.32. The molecule has 6 heteroatoms. The van der Waals surface area contributed by atoms with Gasteiger partial charge in [0.05, 0.1) is 0 Å². The van der Waals surface area contributed by atoms with E-state index >= 15 is 0 Å². The van der Waals surface area contributed by atoms with Gasteiger partial charge in [-0.1, -0.05) is 24.3 Å². The minimum absolute atomic E-state index is 0.0286. The van der Waals surface area contributed by atoms with Crippen LogP contribution in [0.15, 0.2) is 72.8 Å². The highest BCUT2D eigenvalue weighted by molar-refractivity contribution is 6.05. The number of amides is 2. The Bertz CT molecular complexity index is 1070. The molecular weight excluding hydrogens is 393 g/mol. The molecule has 3 aromatic rings. The van der Waals surface area contributed by atoms with Crippen molar-refractivity contribution in [2.75, 3.05) is 28.6 Å². The third kappa shape index (κ3) is 5.09. The Labute approximate surface area is 180 Å². The first-order chi connectivity index (χ1) is 15.1. The van der Waals surface area contributed by atoms with Gasteiger partial charge in [0.2, 0.25) is 5.91 Å². The van der Waals surface area contributed by atoms with Crippen LogP contribution in [0.1, 0.15) is 28.8 Å². The first kappa shape index (κ1) is 20.6. The summed E-state index contributed by atoms with van der Waals surface area (Å²) in [6.45, 7) is 1.46. The predicted molar refractivity (Wildman–Crippen MR) is 121 cm³/mol. The number of nitrogens with zero attached hydrogens (tertiary/aromatic N) is 1. The van der Waals surface area contributed by atoms with Crippen LogP contribution in [0.5, 0.6) is 0 Å². The molecule has 5 nitrogen and oxygen atoms in total. The van der Waals surface area contributed by atoms with Crippen LogP contribution in [-0.4, -0.2) is 24.9 Å². The molecule has 0 fully saturated rings. The summed E-state index contributed by atoms with van der Waals surface area (Å²) >= 11 is 0. The molecule has 1 heterocycles. The van der Waals surface area contributed by atoms with Gasteiger partial charge in [-0.3, -0.25) is 9.59 Å². The van der Waals surface area contributed by atoms with Gasteiger partial charge in [-0.25, -0.2) is 4.39 Å². The van der Waals surface area contributed by atoms with Gasteiger partial charge < -0.3 is 15.5 Å². The van der Waals surface area contributed by atoms with Crippen molar-refractivity contribution in [2.24, 2.45) is 0 Å². The highest BCUT2D eigenvalue weighted by atomic mass is 19.1. The lowest BCUT2D eigenvalue weighted by molar-refractivity contribution is -0.116. The number of anilines is 3. The Balaban J connectivity index is 1.43. The van der Waals surface area contributed by atoms with Gasteiger partial charge >= 0.3 is 0 Å². The van der Waals surface area contributed by atoms with Crippen LogP contribution < -0.4 is 15.5 Å². The summed E-state index contributed by atoms with van der Waals surface area (Å²) in [5, 5.41) is 5.87. The lowest BCUT2D eigenvalue weighted by atomic mass is 9.99. The Morgan fingerprint density at radius 2 is 1.68 bits per heavy atom. The SMILES string of the molecule is O=C(CCN1CCCc2c(NC(=O)c3ccc(F)cc3)cccc21)Nc1ccccc1. The van der Waals surface area contributed by atoms with E-state index in [1.165, 1.54) is 24.3 Å². The van der Waals surface area contributed by atoms with Gasteiger partial charge in [0.15, 0.2) is 0 Å². The number of hydrogen-bond donors (Lipinski definition) is 2. The number of rotatable bonds is 6. The van der Waals surface area contributed by atoms with Crippen molar-refractivity contribution < 1.29 is 14.0 Å². The van der Waals surface area contributed by atoms with E-state index in [4.69, 9.17) is 0 Å². The summed E-state index contributed by atoms with van der Waals surface area (Å²) in [5.41, 5.74) is 4.05. The molecule has 2 amide bonds. The number of benzene rings is 3. The molecule has 0 radical (unpaired) electrons. The summed E-state index contributed by atoms with van der Waals surface area (Å²) < 4.78 is 13.1. The Hall–Kier alpha value is -3.67. The van der Waals surface area contributed by atoms with Gasteiger partial charge in [-0.2, -0.15) is 0 Å². The molecule has 1 aliphatic rings. The Morgan fingerprint density at radius 3 is 2.45 bits per heavy atom. The predicted octanol–water partition coefficient (Wildman–Crippen LogP) is 4.86. The van der Waals surface area contributed by atoms with Crippen molar-refractivity contribution in [3.05, 3.63) is 89.7 Å². The Kier molecular flexibility index (Phi) is 6.26. The largest absolute Gasteiger partial charge is 0.371 e. The molecule has 2 N–H and O–H groups in total. The fourth-order valence-corrected chi connectivity index (χ4v) is 3.83. The average molecular weight is 417 g/mol. The summed E-state index contributed by atoms with van der Waals surface area (Å²) in [4.78, 5) is 27.1. The molecule has 4 rings (SSSR count). The molecule has 158 valence electrons. The van der Waals surface area contributed by atoms with Crippen molar-refractivity contribution in [3.63, 3.8) is 0 Å². The van der Waals surface area contributed by atoms with Crippen LogP contribution in [0.2, 0.25) is 0 Å². The van der Waals surface area contributed by atoms with Gasteiger partial charge in [0.1, 0.15) is 5.82 Å². The summed E-state index contributed by atoms with van der Waals surface area (Å²) in [7, 11) is 0. The number of fused-ring (bicyclic) bond motifs is 1. The van der Waals surface area contributed by atoms with E-state index in [0.29, 0.717) is 18.5 Å². The third-order valence-corrected chi connectivity index (χ3v) is 5.37. The normalized spacial score (nSPS) is 12.7. The monoisotopic (exact) mass is 417 g/mol. The van der Waals surface area contributed by atoms with Crippen molar-refractivity contribution in [1.29, 1.82) is 0 Å². The number of hydrogen-bond acceptors (Lipinski definition) is 3. The first-order valence-electron chi connectivity index (χ1n) is 10.4. The van der Waals surface area contributed by atoms with Crippen molar-refractivity contribution in [1.82, 2.24) is 0 Å². The van der Waals surface area contributed by atoms with Crippen LogP contribution in [0.25, 0.3) is 0 Å². The highest BCUT2D eigenvalue weighted by Gasteiger charge is 2.21. The van der Waals surface area contributed by atoms with E-state index in [2.05, 4.69) is 15.5 Å². The molecule has 0 spiro atoms. The highest BCUT2D eigenvalue weighted by Crippen LogP contribution is 2.33. The maximum atomic E-state index is 13.1. The number of halogens is 1. The minimum atomic E-state index is -0.374. The average Bonchev–Trinajstić information content (AvgIpc) is 2.79. The third-order valence-electron chi connectivity index (χ3n) is 5.37. The van der Waals surface area contributed by atoms with E-state index in [9.17, 15) is 14.0 Å². The standard InChI is InChI=1S/C25H24FN3O2/c26-19-13-11-18(12-14-19)25(31)28-22-9-4-10-23-21(22)8-5-16-29(23)17-15-24(30)27-20-6-2-1-3-7-20/h1-4,6-7,9-14H,5,8,15-17H2,(H,27,30)(H,28,31). The summed E-state index contributed by atoms with van der Waals surface area (Å²) in [5.74, 6) is -0.674. The molecule has 31 heavy (non-hydrogen) atoms. The first-order valence-corrected chi connectivity index (χ1v) is 10.4. The van der Waals surface area contributed by atoms with Gasteiger partial charge in [0, 0.05) is 42.1 Å². The molecular formula is C25H24FN3O2. The van der Waals surface area contributed by atoms with Crippen LogP contribution in [0.4, 0.5) is 21.5 Å². The topological polar surface area (TPSA) is 61.4 Å². The smallest absolute Gasteiger partial charge is 0.255 e. The molecule has 0 saturated carbocycles. The molecule has 0 saturated heterocycles. The van der Waals surface area contributed by atoms with Crippen LogP contribution in [0.3, 0.4) is 0 Å². The van der Waals surface area contributed by atoms with Crippen LogP contribution in [-0.2, 0) is 11.2 Å². The second-order valence-corrected chi connectivity index (χ2v) is 7.52. The van der Waals surface area contributed by atoms with E-state index in [1.54, 1.807) is 0 Å². The zero-order valence-corrected chi connectivity index (χ0v) is 17.1. The van der Waals surface area contributed by atoms with Crippen LogP contribution >= 0.6 is 0 Å². The number of para-hydroxylation sites is 1. The second kappa shape index (κ2) is 9.43. The van der Waals surface area contributed by atoms with Crippen molar-refractivity contribution in [2.45, 2.75) is 19.3 Å². The molecule has 0 atom stereocenters. The maximum Gasteiger partial charge on any atom is 0.255 e. The molecule has 0 unspecified atom stereocenters. The summed E-state index contributed by atoms with van der Waals surface area (Å²) in [6, 6.07) is 20.7. The number of carbonyl (C=O) groups excluding carboxylic acids is 2. The maximum absolute atomic E-state index is 13.1. The van der Waals surface area contributed by atoms with Crippen LogP contribution in [0, 0.1) is 5.82 Å². The quantitative estimate of drug-likeness (QED) is 0.602. The van der Waals surface area contributed by atoms with E-state index in [1.807, 2.05) is 48.5 Å². The van der Waals surface area contributed by atoms with E-state index in [0.717, 1.165) is 42.0 Å². The summed E-state index contributed by atoms with van der Waals surface area (Å²) in [6.07, 6.45) is 2.17. The Morgan fingerprint density at radius 1 is 0.903 bits per heavy atom. The fourth-order valence-electron chi connectivity index (χ4n) is 3.83. The molecule has 0 aliphatic carbocycles. The second-order valence-electron chi connectivity index (χ2n) is 7.52. The zero-order chi connectivity index (χ0) is 21.6. The molecule has 0 bridgehead atoms. The van der Waals surface area contributed by atoms with Gasteiger partial charge in [0.25, 0.3) is 5.91 Å². The minimum Gasteiger partial charge on any atom is -0.371 e. The molecule has 3 aromatic carbocycles. The molecule has 0 aromatic heterocycles. The van der Waals surface area contributed by atoms with E-state index < -0.39 is 0 Å². The fraction of sp³-hybridized carbons (Fsp3) is 0.200. The van der Waals surface area contributed by atoms with E-state index in [-0.39, 0.29) is 17.6 Å². The molecule has 1 aliphatic heterocycles. The van der Waals surface area contributed by atoms with Gasteiger partial charge in [-0.15, -0.1) is 0 Å². The number of carbonyl (C=O) groups is 2. The van der Waals surface area contributed by atoms with Crippen molar-refractivity contribution >= 4 is 28.9 Å². The zero-order valence-electron chi connectivity index (χ0n) is 17.1. The van der Waals surface area contributed by atoms with Crippen molar-refractivity contribution in [3.8, 4) is 0 Å². The number of nitrogens with one attached hydrogen (secondary N) is 2.